The predicted molar refractivity (Wildman–Crippen MR) is 114 cm³/mol. The minimum Gasteiger partial charge on any atom is -0.480 e. The molecule has 0 radical (unpaired) electrons. The fourth-order valence-corrected chi connectivity index (χ4v) is 4.29. The SMILES string of the molecule is CCc1cc(NC(=S)N2CCN(c3ccsc3C)CC2)c(OC)nc1C. The van der Waals surface area contributed by atoms with E-state index in [1.807, 2.05) is 6.92 Å². The maximum absolute atomic E-state index is 5.66. The highest BCUT2D eigenvalue weighted by Crippen LogP contribution is 2.27. The highest BCUT2D eigenvalue weighted by Gasteiger charge is 2.21. The van der Waals surface area contributed by atoms with Crippen LogP contribution >= 0.6 is 23.6 Å². The minimum absolute atomic E-state index is 0.592. The van der Waals surface area contributed by atoms with Crippen LogP contribution < -0.4 is 15.0 Å². The van der Waals surface area contributed by atoms with Crippen molar-refractivity contribution in [2.75, 3.05) is 43.5 Å². The number of nitrogens with zero attached hydrogens (tertiary/aromatic N) is 3. The van der Waals surface area contributed by atoms with Gasteiger partial charge in [0, 0.05) is 36.8 Å². The van der Waals surface area contributed by atoms with Gasteiger partial charge in [0.2, 0.25) is 5.88 Å². The molecule has 0 saturated carbocycles. The van der Waals surface area contributed by atoms with Crippen LogP contribution in [0.5, 0.6) is 5.88 Å². The van der Waals surface area contributed by atoms with E-state index in [0.717, 1.165) is 49.1 Å². The summed E-state index contributed by atoms with van der Waals surface area (Å²) in [5.41, 5.74) is 4.40. The molecule has 1 aliphatic heterocycles. The van der Waals surface area contributed by atoms with Gasteiger partial charge in [0.1, 0.15) is 5.69 Å². The molecule has 1 aliphatic rings. The molecule has 3 rings (SSSR count). The molecular weight excluding hydrogens is 364 g/mol. The summed E-state index contributed by atoms with van der Waals surface area (Å²) >= 11 is 7.46. The van der Waals surface area contributed by atoms with Gasteiger partial charge in [-0.2, -0.15) is 0 Å². The van der Waals surface area contributed by atoms with Gasteiger partial charge < -0.3 is 19.9 Å². The fourth-order valence-electron chi connectivity index (χ4n) is 3.28. The third-order valence-corrected chi connectivity index (χ3v) is 6.03. The molecule has 1 N–H and O–H groups in total. The second-order valence-electron chi connectivity index (χ2n) is 6.41. The first kappa shape index (κ1) is 18.9. The number of hydrogen-bond donors (Lipinski definition) is 1. The largest absolute Gasteiger partial charge is 0.480 e. The van der Waals surface area contributed by atoms with Gasteiger partial charge in [-0.05, 0) is 55.6 Å². The molecule has 2 aromatic heterocycles. The van der Waals surface area contributed by atoms with E-state index in [4.69, 9.17) is 17.0 Å². The summed E-state index contributed by atoms with van der Waals surface area (Å²) in [4.78, 5) is 10.6. The lowest BCUT2D eigenvalue weighted by molar-refractivity contribution is 0.388. The van der Waals surface area contributed by atoms with Gasteiger partial charge in [-0.1, -0.05) is 6.92 Å². The molecule has 3 heterocycles. The molecule has 0 aromatic carbocycles. The van der Waals surface area contributed by atoms with Crippen molar-refractivity contribution < 1.29 is 4.74 Å². The number of ether oxygens (including phenoxy) is 1. The summed E-state index contributed by atoms with van der Waals surface area (Å²) in [6.45, 7) is 10.1. The third kappa shape index (κ3) is 3.94. The number of pyridine rings is 1. The van der Waals surface area contributed by atoms with Crippen molar-refractivity contribution in [2.45, 2.75) is 27.2 Å². The Kier molecular flexibility index (Phi) is 5.98. The first-order chi connectivity index (χ1) is 12.5. The average molecular weight is 391 g/mol. The molecule has 140 valence electrons. The molecule has 1 saturated heterocycles. The summed E-state index contributed by atoms with van der Waals surface area (Å²) in [5, 5.41) is 6.24. The Balaban J connectivity index is 1.65. The Hall–Kier alpha value is -1.86. The van der Waals surface area contributed by atoms with Crippen molar-refractivity contribution in [1.82, 2.24) is 9.88 Å². The number of nitrogens with one attached hydrogen (secondary N) is 1. The van der Waals surface area contributed by atoms with E-state index in [0.29, 0.717) is 5.88 Å². The van der Waals surface area contributed by atoms with Crippen LogP contribution in [-0.2, 0) is 6.42 Å². The molecule has 0 bridgehead atoms. The van der Waals surface area contributed by atoms with Crippen LogP contribution in [0, 0.1) is 13.8 Å². The van der Waals surface area contributed by atoms with E-state index >= 15 is 0 Å². The van der Waals surface area contributed by atoms with E-state index in [1.165, 1.54) is 16.1 Å². The zero-order valence-electron chi connectivity index (χ0n) is 15.8. The van der Waals surface area contributed by atoms with Crippen LogP contribution in [0.15, 0.2) is 17.5 Å². The molecule has 5 nitrogen and oxygen atoms in total. The lowest BCUT2D eigenvalue weighted by Gasteiger charge is -2.37. The van der Waals surface area contributed by atoms with Crippen molar-refractivity contribution in [3.8, 4) is 5.88 Å². The highest BCUT2D eigenvalue weighted by atomic mass is 32.1. The van der Waals surface area contributed by atoms with E-state index in [9.17, 15) is 0 Å². The summed E-state index contributed by atoms with van der Waals surface area (Å²) in [6.07, 6.45) is 0.933. The molecule has 0 aliphatic carbocycles. The molecule has 0 unspecified atom stereocenters. The lowest BCUT2D eigenvalue weighted by atomic mass is 10.1. The number of piperazine rings is 1. The quantitative estimate of drug-likeness (QED) is 0.800. The van der Waals surface area contributed by atoms with Crippen molar-refractivity contribution in [3.05, 3.63) is 33.6 Å². The molecule has 2 aromatic rings. The Bertz CT molecular complexity index is 782. The van der Waals surface area contributed by atoms with Gasteiger partial charge in [-0.3, -0.25) is 0 Å². The molecule has 0 amide bonds. The monoisotopic (exact) mass is 390 g/mol. The van der Waals surface area contributed by atoms with Crippen molar-refractivity contribution >= 4 is 40.0 Å². The zero-order valence-corrected chi connectivity index (χ0v) is 17.5. The maximum Gasteiger partial charge on any atom is 0.237 e. The van der Waals surface area contributed by atoms with Crippen LogP contribution in [0.4, 0.5) is 11.4 Å². The van der Waals surface area contributed by atoms with E-state index in [1.54, 1.807) is 18.4 Å². The predicted octanol–water partition coefficient (Wildman–Crippen LogP) is 3.85. The smallest absolute Gasteiger partial charge is 0.237 e. The number of rotatable bonds is 4. The fraction of sp³-hybridized carbons (Fsp3) is 0.474. The lowest BCUT2D eigenvalue weighted by Crippen LogP contribution is -2.50. The Labute approximate surface area is 165 Å². The third-order valence-electron chi connectivity index (χ3n) is 4.84. The van der Waals surface area contributed by atoms with E-state index in [-0.39, 0.29) is 0 Å². The first-order valence-corrected chi connectivity index (χ1v) is 10.2. The molecular formula is C19H26N4OS2. The van der Waals surface area contributed by atoms with Gasteiger partial charge in [0.15, 0.2) is 5.11 Å². The summed E-state index contributed by atoms with van der Waals surface area (Å²) < 4.78 is 5.43. The summed E-state index contributed by atoms with van der Waals surface area (Å²) in [5.74, 6) is 0.592. The van der Waals surface area contributed by atoms with Gasteiger partial charge in [-0.25, -0.2) is 4.98 Å². The molecule has 26 heavy (non-hydrogen) atoms. The van der Waals surface area contributed by atoms with Crippen LogP contribution in [0.25, 0.3) is 0 Å². The number of thiophene rings is 1. The average Bonchev–Trinajstić information content (AvgIpc) is 3.08. The van der Waals surface area contributed by atoms with Crippen LogP contribution in [-0.4, -0.2) is 48.3 Å². The second kappa shape index (κ2) is 8.22. The topological polar surface area (TPSA) is 40.6 Å². The molecule has 1 fully saturated rings. The van der Waals surface area contributed by atoms with E-state index in [2.05, 4.69) is 51.5 Å². The second-order valence-corrected chi connectivity index (χ2v) is 7.92. The molecule has 0 spiro atoms. The minimum atomic E-state index is 0.592. The van der Waals surface area contributed by atoms with Gasteiger partial charge in [0.05, 0.1) is 12.8 Å². The number of anilines is 2. The zero-order chi connectivity index (χ0) is 18.7. The molecule has 0 atom stereocenters. The van der Waals surface area contributed by atoms with Crippen molar-refractivity contribution in [3.63, 3.8) is 0 Å². The van der Waals surface area contributed by atoms with E-state index < -0.39 is 0 Å². The maximum atomic E-state index is 5.66. The summed E-state index contributed by atoms with van der Waals surface area (Å²) in [6, 6.07) is 4.31. The standard InChI is InChI=1S/C19H26N4OS2/c1-5-15-12-16(18(24-4)20-13(15)2)21-19(25)23-9-7-22(8-10-23)17-6-11-26-14(17)3/h6,11-12H,5,7-10H2,1-4H3,(H,21,25). The number of aryl methyl sites for hydroxylation is 3. The number of hydrogen-bond acceptors (Lipinski definition) is 5. The van der Waals surface area contributed by atoms with Gasteiger partial charge >= 0.3 is 0 Å². The normalized spacial score (nSPS) is 14.5. The number of methoxy groups -OCH3 is 1. The van der Waals surface area contributed by atoms with Gasteiger partial charge in [0.25, 0.3) is 0 Å². The van der Waals surface area contributed by atoms with Crippen molar-refractivity contribution in [1.29, 1.82) is 0 Å². The number of thiocarbonyl (C=S) groups is 1. The van der Waals surface area contributed by atoms with Crippen molar-refractivity contribution in [2.24, 2.45) is 0 Å². The van der Waals surface area contributed by atoms with Crippen LogP contribution in [0.1, 0.15) is 23.1 Å². The first-order valence-electron chi connectivity index (χ1n) is 8.93. The Morgan fingerprint density at radius 1 is 1.31 bits per heavy atom. The summed E-state index contributed by atoms with van der Waals surface area (Å²) in [7, 11) is 1.64. The number of aromatic nitrogens is 1. The highest BCUT2D eigenvalue weighted by molar-refractivity contribution is 7.80. The van der Waals surface area contributed by atoms with Gasteiger partial charge in [-0.15, -0.1) is 11.3 Å². The Morgan fingerprint density at radius 3 is 2.62 bits per heavy atom. The Morgan fingerprint density at radius 2 is 2.04 bits per heavy atom. The molecule has 7 heteroatoms. The van der Waals surface area contributed by atoms with Crippen LogP contribution in [0.3, 0.4) is 0 Å². The van der Waals surface area contributed by atoms with Crippen LogP contribution in [0.2, 0.25) is 0 Å².